The van der Waals surface area contributed by atoms with Crippen molar-refractivity contribution in [1.29, 1.82) is 0 Å². The molecule has 1 amide bonds. The topological polar surface area (TPSA) is 73.1 Å². The second kappa shape index (κ2) is 8.24. The lowest BCUT2D eigenvalue weighted by Gasteiger charge is -2.31. The molecule has 0 radical (unpaired) electrons. The summed E-state index contributed by atoms with van der Waals surface area (Å²) in [6, 6.07) is 11.6. The molecular weight excluding hydrogens is 386 g/mol. The molecule has 4 rings (SSSR count). The number of carbonyl (C=O) groups excluding carboxylic acids is 1. The average molecular weight is 410 g/mol. The number of thioether (sulfide) groups is 1. The Kier molecular flexibility index (Phi) is 5.53. The van der Waals surface area contributed by atoms with Gasteiger partial charge in [0.1, 0.15) is 0 Å². The Labute approximate surface area is 174 Å². The number of amides is 1. The molecule has 1 aliphatic rings. The summed E-state index contributed by atoms with van der Waals surface area (Å²) in [4.78, 5) is 19.6. The van der Waals surface area contributed by atoms with E-state index in [1.165, 1.54) is 11.8 Å². The molecular formula is C21H23N5O2S. The Morgan fingerprint density at radius 3 is 2.72 bits per heavy atom. The number of carbonyl (C=O) groups is 1. The number of aryl methyl sites for hydroxylation is 1. The van der Waals surface area contributed by atoms with Crippen LogP contribution in [0.25, 0.3) is 11.3 Å². The Balaban J connectivity index is 1.94. The summed E-state index contributed by atoms with van der Waals surface area (Å²) in [5.41, 5.74) is 2.95. The molecule has 0 aliphatic carbocycles. The van der Waals surface area contributed by atoms with Crippen LogP contribution in [0.15, 0.2) is 47.8 Å². The smallest absolute Gasteiger partial charge is 0.247 e. The lowest BCUT2D eigenvalue weighted by atomic mass is 10.1. The highest BCUT2D eigenvalue weighted by Crippen LogP contribution is 2.43. The Hall–Kier alpha value is -2.87. The highest BCUT2D eigenvalue weighted by molar-refractivity contribution is 7.99. The van der Waals surface area contributed by atoms with E-state index in [1.54, 1.807) is 4.90 Å². The van der Waals surface area contributed by atoms with Gasteiger partial charge in [0, 0.05) is 25.2 Å². The van der Waals surface area contributed by atoms with Crippen molar-refractivity contribution in [3.8, 4) is 17.1 Å². The minimum absolute atomic E-state index is 0.00456. The van der Waals surface area contributed by atoms with E-state index in [9.17, 15) is 4.79 Å². The van der Waals surface area contributed by atoms with Gasteiger partial charge in [-0.1, -0.05) is 43.8 Å². The molecule has 2 aromatic heterocycles. The summed E-state index contributed by atoms with van der Waals surface area (Å²) in [6.07, 6.45) is 2.47. The van der Waals surface area contributed by atoms with Crippen molar-refractivity contribution in [3.63, 3.8) is 0 Å². The van der Waals surface area contributed by atoms with Crippen LogP contribution in [0.4, 0.5) is 5.69 Å². The van der Waals surface area contributed by atoms with Gasteiger partial charge in [0.15, 0.2) is 5.69 Å². The maximum absolute atomic E-state index is 13.2. The summed E-state index contributed by atoms with van der Waals surface area (Å²) in [6.45, 7) is 4.03. The molecule has 3 heterocycles. The van der Waals surface area contributed by atoms with Crippen LogP contribution in [-0.4, -0.2) is 31.4 Å². The van der Waals surface area contributed by atoms with E-state index in [0.29, 0.717) is 23.2 Å². The van der Waals surface area contributed by atoms with Gasteiger partial charge in [-0.05, 0) is 30.4 Å². The zero-order valence-corrected chi connectivity index (χ0v) is 17.5. The summed E-state index contributed by atoms with van der Waals surface area (Å²) in [5, 5.41) is 9.22. The van der Waals surface area contributed by atoms with Crippen LogP contribution in [0, 0.1) is 0 Å². The predicted octanol–water partition coefficient (Wildman–Crippen LogP) is 4.21. The minimum atomic E-state index is -0.646. The Morgan fingerprint density at radius 2 is 2.00 bits per heavy atom. The molecule has 0 N–H and O–H groups in total. The Bertz CT molecular complexity index is 1040. The third-order valence-electron chi connectivity index (χ3n) is 4.75. The van der Waals surface area contributed by atoms with E-state index in [0.717, 1.165) is 29.1 Å². The van der Waals surface area contributed by atoms with Crippen molar-refractivity contribution in [2.75, 3.05) is 10.7 Å². The Morgan fingerprint density at radius 1 is 1.17 bits per heavy atom. The molecule has 0 saturated heterocycles. The predicted molar refractivity (Wildman–Crippen MR) is 113 cm³/mol. The lowest BCUT2D eigenvalue weighted by Crippen LogP contribution is -2.38. The zero-order chi connectivity index (χ0) is 20.4. The van der Waals surface area contributed by atoms with Gasteiger partial charge < -0.3 is 9.30 Å². The van der Waals surface area contributed by atoms with E-state index < -0.39 is 6.23 Å². The van der Waals surface area contributed by atoms with E-state index in [4.69, 9.17) is 4.74 Å². The number of hydrogen-bond acceptors (Lipinski definition) is 6. The normalized spacial score (nSPS) is 15.3. The lowest BCUT2D eigenvalue weighted by molar-refractivity contribution is -0.120. The fourth-order valence-electron chi connectivity index (χ4n) is 3.43. The van der Waals surface area contributed by atoms with E-state index in [-0.39, 0.29) is 5.91 Å². The van der Waals surface area contributed by atoms with Gasteiger partial charge in [-0.25, -0.2) is 0 Å². The van der Waals surface area contributed by atoms with E-state index >= 15 is 0 Å². The largest absolute Gasteiger partial charge is 0.445 e. The third-order valence-corrected chi connectivity index (χ3v) is 5.47. The number of para-hydroxylation sites is 1. The number of anilines is 1. The molecule has 7 nitrogen and oxygen atoms in total. The molecule has 1 atom stereocenters. The minimum Gasteiger partial charge on any atom is -0.445 e. The first-order chi connectivity index (χ1) is 14.1. The van der Waals surface area contributed by atoms with Crippen molar-refractivity contribution in [1.82, 2.24) is 19.7 Å². The van der Waals surface area contributed by atoms with Crippen LogP contribution in [-0.2, 0) is 11.8 Å². The van der Waals surface area contributed by atoms with Gasteiger partial charge in [-0.2, -0.15) is 4.98 Å². The number of nitrogens with zero attached hydrogens (tertiary/aromatic N) is 5. The van der Waals surface area contributed by atoms with Gasteiger partial charge >= 0.3 is 0 Å². The molecule has 1 aliphatic heterocycles. The number of aromatic nitrogens is 4. The second-order valence-corrected chi connectivity index (χ2v) is 7.96. The third kappa shape index (κ3) is 3.60. The maximum atomic E-state index is 13.2. The quantitative estimate of drug-likeness (QED) is 0.588. The first-order valence-corrected chi connectivity index (χ1v) is 10.7. The molecule has 150 valence electrons. The standard InChI is InChI=1S/C21H23N5O2S/c1-4-9-17(27)26-15-11-7-6-10-14(15)18-19(22-21(24-23-18)29-5-2)28-20(26)16-12-8-13-25(16)3/h6-8,10-13,20H,4-5,9H2,1-3H3/t20-/m0/s1. The number of rotatable bonds is 5. The number of fused-ring (bicyclic) bond motifs is 3. The molecule has 0 saturated carbocycles. The summed E-state index contributed by atoms with van der Waals surface area (Å²) < 4.78 is 8.35. The molecule has 0 unspecified atom stereocenters. The van der Waals surface area contributed by atoms with Crippen molar-refractivity contribution in [2.45, 2.75) is 38.1 Å². The van der Waals surface area contributed by atoms with Gasteiger partial charge in [-0.15, -0.1) is 10.2 Å². The average Bonchev–Trinajstić information content (AvgIpc) is 3.08. The molecule has 3 aromatic rings. The van der Waals surface area contributed by atoms with Crippen molar-refractivity contribution < 1.29 is 9.53 Å². The summed E-state index contributed by atoms with van der Waals surface area (Å²) in [7, 11) is 1.94. The molecule has 0 spiro atoms. The molecule has 29 heavy (non-hydrogen) atoms. The highest BCUT2D eigenvalue weighted by atomic mass is 32.2. The summed E-state index contributed by atoms with van der Waals surface area (Å²) >= 11 is 1.50. The van der Waals surface area contributed by atoms with Crippen LogP contribution in [0.1, 0.15) is 38.6 Å². The molecule has 0 fully saturated rings. The fourth-order valence-corrected chi connectivity index (χ4v) is 3.94. The molecule has 1 aromatic carbocycles. The molecule has 0 bridgehead atoms. The molecule has 8 heteroatoms. The van der Waals surface area contributed by atoms with E-state index in [2.05, 4.69) is 15.2 Å². The number of hydrogen-bond donors (Lipinski definition) is 0. The van der Waals surface area contributed by atoms with Crippen molar-refractivity contribution in [2.24, 2.45) is 7.05 Å². The van der Waals surface area contributed by atoms with Crippen LogP contribution in [0.5, 0.6) is 5.88 Å². The number of ether oxygens (including phenoxy) is 1. The zero-order valence-electron chi connectivity index (χ0n) is 16.7. The maximum Gasteiger partial charge on any atom is 0.247 e. The fraction of sp³-hybridized carbons (Fsp3) is 0.333. The number of benzene rings is 1. The summed E-state index contributed by atoms with van der Waals surface area (Å²) in [5.74, 6) is 1.22. The highest BCUT2D eigenvalue weighted by Gasteiger charge is 2.36. The van der Waals surface area contributed by atoms with Crippen LogP contribution in [0.2, 0.25) is 0 Å². The van der Waals surface area contributed by atoms with E-state index in [1.807, 2.05) is 68.1 Å². The monoisotopic (exact) mass is 409 g/mol. The first kappa shape index (κ1) is 19.4. The van der Waals surface area contributed by atoms with Crippen LogP contribution in [0.3, 0.4) is 0 Å². The van der Waals surface area contributed by atoms with Gasteiger partial charge in [-0.3, -0.25) is 9.69 Å². The van der Waals surface area contributed by atoms with Gasteiger partial charge in [0.2, 0.25) is 23.2 Å². The van der Waals surface area contributed by atoms with Crippen molar-refractivity contribution >= 4 is 23.4 Å². The SMILES string of the molecule is CCCC(=O)N1c2ccccc2-c2nnc(SCC)nc2O[C@H]1c1cccn1C. The second-order valence-electron chi connectivity index (χ2n) is 6.73. The first-order valence-electron chi connectivity index (χ1n) is 9.70. The van der Waals surface area contributed by atoms with Crippen molar-refractivity contribution in [3.05, 3.63) is 48.3 Å². The van der Waals surface area contributed by atoms with Crippen LogP contribution >= 0.6 is 11.8 Å². The van der Waals surface area contributed by atoms with Crippen LogP contribution < -0.4 is 9.64 Å². The van der Waals surface area contributed by atoms with Gasteiger partial charge in [0.25, 0.3) is 0 Å². The van der Waals surface area contributed by atoms with Gasteiger partial charge in [0.05, 0.1) is 11.4 Å².